The number of alkyl halides is 2. The smallest absolute Gasteiger partial charge is 0.412 e. The van der Waals surface area contributed by atoms with Crippen molar-refractivity contribution in [1.29, 1.82) is 0 Å². The number of pyridine rings is 1. The Morgan fingerprint density at radius 1 is 1.19 bits per heavy atom. The Morgan fingerprint density at radius 3 is 2.68 bits per heavy atom. The van der Waals surface area contributed by atoms with Crippen molar-refractivity contribution in [2.75, 3.05) is 25.6 Å². The minimum atomic E-state index is -3.55. The van der Waals surface area contributed by atoms with E-state index in [4.69, 9.17) is 21.4 Å². The molecular formula is C25H24ClF4N3O4. The van der Waals surface area contributed by atoms with Crippen LogP contribution in [0.2, 0.25) is 5.02 Å². The third-order valence-electron chi connectivity index (χ3n) is 5.67. The van der Waals surface area contributed by atoms with E-state index in [0.29, 0.717) is 16.3 Å². The highest BCUT2D eigenvalue weighted by Crippen LogP contribution is 2.25. The lowest BCUT2D eigenvalue weighted by atomic mass is 10.1. The molecule has 1 heterocycles. The summed E-state index contributed by atoms with van der Waals surface area (Å²) in [4.78, 5) is 30.0. The summed E-state index contributed by atoms with van der Waals surface area (Å²) in [6, 6.07) is 8.28. The van der Waals surface area contributed by atoms with Crippen LogP contribution in [0.3, 0.4) is 0 Å². The summed E-state index contributed by atoms with van der Waals surface area (Å²) in [6.45, 7) is -2.08. The molecule has 37 heavy (non-hydrogen) atoms. The van der Waals surface area contributed by atoms with Gasteiger partial charge in [0, 0.05) is 31.5 Å². The van der Waals surface area contributed by atoms with E-state index < -0.39 is 55.2 Å². The number of aryl methyl sites for hydroxylation is 1. The second kappa shape index (κ2) is 12.2. The van der Waals surface area contributed by atoms with Gasteiger partial charge < -0.3 is 14.7 Å². The molecule has 198 valence electrons. The molecule has 3 rings (SSSR count). The zero-order valence-corrected chi connectivity index (χ0v) is 20.4. The predicted octanol–water partition coefficient (Wildman–Crippen LogP) is 5.19. The first-order valence-corrected chi connectivity index (χ1v) is 11.5. The molecule has 0 aliphatic carbocycles. The van der Waals surface area contributed by atoms with E-state index >= 15 is 0 Å². The van der Waals surface area contributed by atoms with E-state index in [2.05, 4.69) is 10.3 Å². The van der Waals surface area contributed by atoms with Gasteiger partial charge in [0.25, 0.3) is 5.92 Å². The zero-order chi connectivity index (χ0) is 27.2. The molecule has 2 amide bonds. The second-order valence-corrected chi connectivity index (χ2v) is 8.75. The van der Waals surface area contributed by atoms with Gasteiger partial charge in [0.1, 0.15) is 30.7 Å². The number of rotatable bonds is 10. The topological polar surface area (TPSA) is 91.8 Å². The van der Waals surface area contributed by atoms with Gasteiger partial charge in [-0.25, -0.2) is 27.3 Å². The second-order valence-electron chi connectivity index (χ2n) is 8.37. The monoisotopic (exact) mass is 541 g/mol. The van der Waals surface area contributed by atoms with Crippen LogP contribution in [-0.4, -0.2) is 59.2 Å². The summed E-state index contributed by atoms with van der Waals surface area (Å²) in [5.74, 6) is -5.22. The molecule has 0 unspecified atom stereocenters. The van der Waals surface area contributed by atoms with Crippen molar-refractivity contribution in [2.45, 2.75) is 31.2 Å². The maximum Gasteiger partial charge on any atom is 0.412 e. The quantitative estimate of drug-likeness (QED) is 0.345. The highest BCUT2D eigenvalue weighted by Gasteiger charge is 2.35. The molecule has 2 aromatic carbocycles. The molecule has 0 radical (unpaired) electrons. The fraction of sp³-hybridized carbons (Fsp3) is 0.320. The number of carbonyl (C=O) groups excluding carboxylic acids is 2. The number of aliphatic hydroxyl groups is 1. The van der Waals surface area contributed by atoms with Crippen LogP contribution in [0.25, 0.3) is 10.8 Å². The molecular weight excluding hydrogens is 518 g/mol. The van der Waals surface area contributed by atoms with Crippen LogP contribution in [0, 0.1) is 11.6 Å². The van der Waals surface area contributed by atoms with Crippen LogP contribution in [-0.2, 0) is 16.0 Å². The molecule has 0 saturated heterocycles. The molecule has 2 N–H and O–H groups in total. The number of aliphatic hydroxyl groups excluding tert-OH is 1. The predicted molar refractivity (Wildman–Crippen MR) is 130 cm³/mol. The number of nitrogens with zero attached hydrogens (tertiary/aromatic N) is 2. The van der Waals surface area contributed by atoms with E-state index in [-0.39, 0.29) is 23.7 Å². The summed E-state index contributed by atoms with van der Waals surface area (Å²) in [7, 11) is 1.26. The molecule has 0 bridgehead atoms. The Bertz CT molecular complexity index is 1280. The third-order valence-corrected chi connectivity index (χ3v) is 6.09. The summed E-state index contributed by atoms with van der Waals surface area (Å²) >= 11 is 5.90. The Morgan fingerprint density at radius 2 is 1.95 bits per heavy atom. The minimum Gasteiger partial charge on any atom is -0.447 e. The van der Waals surface area contributed by atoms with Gasteiger partial charge in [-0.05, 0) is 47.7 Å². The summed E-state index contributed by atoms with van der Waals surface area (Å²) in [5, 5.41) is 12.3. The first kappa shape index (κ1) is 28.1. The van der Waals surface area contributed by atoms with Crippen molar-refractivity contribution >= 4 is 40.2 Å². The Labute approximate surface area is 215 Å². The summed E-state index contributed by atoms with van der Waals surface area (Å²) < 4.78 is 60.1. The number of amides is 2. The highest BCUT2D eigenvalue weighted by atomic mass is 35.5. The lowest BCUT2D eigenvalue weighted by Gasteiger charge is -2.30. The third kappa shape index (κ3) is 7.77. The fourth-order valence-corrected chi connectivity index (χ4v) is 3.79. The van der Waals surface area contributed by atoms with Gasteiger partial charge in [-0.15, -0.1) is 0 Å². The van der Waals surface area contributed by atoms with Gasteiger partial charge >= 0.3 is 6.09 Å². The van der Waals surface area contributed by atoms with Crippen LogP contribution in [0.4, 0.5) is 28.2 Å². The molecule has 7 nitrogen and oxygen atoms in total. The molecule has 0 aliphatic rings. The van der Waals surface area contributed by atoms with Crippen molar-refractivity contribution in [1.82, 2.24) is 9.88 Å². The van der Waals surface area contributed by atoms with Crippen molar-refractivity contribution < 1.29 is 37.0 Å². The van der Waals surface area contributed by atoms with Crippen molar-refractivity contribution in [2.24, 2.45) is 0 Å². The fourth-order valence-electron chi connectivity index (χ4n) is 3.57. The number of hydrogen-bond donors (Lipinski definition) is 2. The van der Waals surface area contributed by atoms with Gasteiger partial charge in [-0.3, -0.25) is 10.1 Å². The van der Waals surface area contributed by atoms with E-state index in [1.54, 1.807) is 6.07 Å². The van der Waals surface area contributed by atoms with Gasteiger partial charge in [-0.2, -0.15) is 0 Å². The van der Waals surface area contributed by atoms with Gasteiger partial charge in [0.05, 0.1) is 11.1 Å². The Balaban J connectivity index is 1.64. The van der Waals surface area contributed by atoms with Crippen LogP contribution in [0.1, 0.15) is 18.4 Å². The van der Waals surface area contributed by atoms with Gasteiger partial charge in [-0.1, -0.05) is 23.7 Å². The van der Waals surface area contributed by atoms with Gasteiger partial charge in [0.2, 0.25) is 5.91 Å². The van der Waals surface area contributed by atoms with Gasteiger partial charge in [0.15, 0.2) is 0 Å². The number of likely N-dealkylation sites (N-methyl/N-ethyl adjacent to an activating group) is 1. The molecule has 0 fully saturated rings. The molecule has 0 aliphatic heterocycles. The number of ether oxygens (including phenoxy) is 1. The maximum atomic E-state index is 14.0. The number of benzene rings is 2. The first-order valence-electron chi connectivity index (χ1n) is 11.2. The first-order chi connectivity index (χ1) is 17.5. The normalized spacial score (nSPS) is 12.3. The van der Waals surface area contributed by atoms with Crippen LogP contribution in [0.15, 0.2) is 48.7 Å². The lowest BCUT2D eigenvalue weighted by molar-refractivity contribution is -0.136. The number of anilines is 1. The Kier molecular flexibility index (Phi) is 9.28. The molecule has 1 aromatic heterocycles. The number of carbonyl (C=O) groups is 2. The summed E-state index contributed by atoms with van der Waals surface area (Å²) in [5.41, 5.74) is 0.374. The van der Waals surface area contributed by atoms with E-state index in [9.17, 15) is 27.2 Å². The zero-order valence-electron chi connectivity index (χ0n) is 19.7. The number of nitrogens with one attached hydrogen (secondary N) is 1. The van der Waals surface area contributed by atoms with Crippen molar-refractivity contribution in [3.05, 3.63) is 70.9 Å². The Hall–Kier alpha value is -3.44. The maximum absolute atomic E-state index is 14.0. The van der Waals surface area contributed by atoms with E-state index in [0.717, 1.165) is 4.90 Å². The largest absolute Gasteiger partial charge is 0.447 e. The molecule has 0 saturated carbocycles. The van der Waals surface area contributed by atoms with Crippen LogP contribution >= 0.6 is 11.6 Å². The number of hydrogen-bond acceptors (Lipinski definition) is 5. The number of halogens is 5. The highest BCUT2D eigenvalue weighted by molar-refractivity contribution is 6.31. The van der Waals surface area contributed by atoms with Crippen molar-refractivity contribution in [3.8, 4) is 0 Å². The van der Waals surface area contributed by atoms with Crippen LogP contribution in [0.5, 0.6) is 0 Å². The minimum absolute atomic E-state index is 0.0386. The lowest BCUT2D eigenvalue weighted by Crippen LogP contribution is -2.45. The molecule has 1 atom stereocenters. The van der Waals surface area contributed by atoms with Crippen LogP contribution < -0.4 is 5.32 Å². The average Bonchev–Trinajstić information content (AvgIpc) is 2.86. The molecule has 12 heteroatoms. The summed E-state index contributed by atoms with van der Waals surface area (Å²) in [6.07, 6.45) is -0.726. The van der Waals surface area contributed by atoms with Crippen molar-refractivity contribution in [3.63, 3.8) is 0 Å². The number of fused-ring (bicyclic) bond motifs is 1. The molecule has 0 spiro atoms. The van der Waals surface area contributed by atoms with E-state index in [1.807, 2.05) is 0 Å². The molecule has 3 aromatic rings. The SMILES string of the molecule is CN(C(=O)CCc1cccc(F)c1Cl)[C@H](COC(=O)Nc1cc2cc(F)ccc2cn1)CC(F)(F)CO. The average molecular weight is 542 g/mol. The van der Waals surface area contributed by atoms with E-state index in [1.165, 1.54) is 49.6 Å². The standard InChI is InChI=1S/C25H24ClF4N3O4/c1-33(22(35)8-6-15-3-2-4-20(28)23(15)26)19(11-25(29,30)14-34)13-37-24(36)32-21-10-17-9-18(27)7-5-16(17)12-31-21/h2-5,7,9-10,12,19,34H,6,8,11,13-14H2,1H3,(H,31,32,36)/t19-/m0/s1. The number of aromatic nitrogens is 1.